The highest BCUT2D eigenvalue weighted by molar-refractivity contribution is 7.99. The smallest absolute Gasteiger partial charge is 0.305 e. The summed E-state index contributed by atoms with van der Waals surface area (Å²) >= 11 is 1.63. The maximum Gasteiger partial charge on any atom is 0.305 e. The van der Waals surface area contributed by atoms with E-state index in [0.717, 1.165) is 4.90 Å². The average molecular weight is 309 g/mol. The van der Waals surface area contributed by atoms with Crippen LogP contribution in [0.1, 0.15) is 12.8 Å². The molecule has 1 aliphatic heterocycles. The van der Waals surface area contributed by atoms with Gasteiger partial charge in [0.1, 0.15) is 0 Å². The minimum Gasteiger partial charge on any atom is -0.481 e. The first kappa shape index (κ1) is 15.9. The third-order valence-electron chi connectivity index (χ3n) is 3.29. The summed E-state index contributed by atoms with van der Waals surface area (Å²) in [5, 5.41) is 8.89. The number of nitrogens with zero attached hydrogens (tertiary/aromatic N) is 1. The van der Waals surface area contributed by atoms with Gasteiger partial charge in [-0.25, -0.2) is 0 Å². The molecule has 1 N–H and O–H groups in total. The van der Waals surface area contributed by atoms with E-state index >= 15 is 0 Å². The first-order chi connectivity index (χ1) is 10.2. The molecule has 1 aromatic carbocycles. The van der Waals surface area contributed by atoms with Crippen molar-refractivity contribution in [3.63, 3.8) is 0 Å². The van der Waals surface area contributed by atoms with E-state index in [-0.39, 0.29) is 18.4 Å². The predicted octanol–water partition coefficient (Wildman–Crippen LogP) is 1.87. The van der Waals surface area contributed by atoms with Gasteiger partial charge in [0, 0.05) is 23.6 Å². The van der Waals surface area contributed by atoms with Crippen LogP contribution in [-0.2, 0) is 14.3 Å². The molecule has 0 radical (unpaired) electrons. The first-order valence-corrected chi connectivity index (χ1v) is 7.92. The van der Waals surface area contributed by atoms with Crippen LogP contribution in [0.4, 0.5) is 0 Å². The van der Waals surface area contributed by atoms with E-state index < -0.39 is 5.97 Å². The predicted molar refractivity (Wildman–Crippen MR) is 80.4 cm³/mol. The molecular weight excluding hydrogens is 290 g/mol. The molecule has 0 aromatic heterocycles. The third-order valence-corrected chi connectivity index (χ3v) is 4.30. The maximum atomic E-state index is 12.2. The monoisotopic (exact) mass is 309 g/mol. The van der Waals surface area contributed by atoms with Crippen LogP contribution < -0.4 is 0 Å². The molecule has 1 heterocycles. The summed E-state index contributed by atoms with van der Waals surface area (Å²) in [6.07, 6.45) is 0.354. The largest absolute Gasteiger partial charge is 0.481 e. The Bertz CT molecular complexity index is 480. The van der Waals surface area contributed by atoms with Gasteiger partial charge in [0.15, 0.2) is 0 Å². The Hall–Kier alpha value is -1.53. The summed E-state index contributed by atoms with van der Waals surface area (Å²) < 4.78 is 5.27. The number of hydrogen-bond donors (Lipinski definition) is 1. The van der Waals surface area contributed by atoms with Crippen molar-refractivity contribution in [1.29, 1.82) is 0 Å². The highest BCUT2D eigenvalue weighted by atomic mass is 32.2. The normalized spacial score (nSPS) is 18.5. The summed E-state index contributed by atoms with van der Waals surface area (Å²) in [6, 6.07) is 9.57. The van der Waals surface area contributed by atoms with Crippen molar-refractivity contribution in [3.05, 3.63) is 30.3 Å². The average Bonchev–Trinajstić information content (AvgIpc) is 2.48. The van der Waals surface area contributed by atoms with Crippen LogP contribution in [-0.4, -0.2) is 53.4 Å². The molecule has 0 aliphatic carbocycles. The molecule has 2 rings (SSSR count). The fraction of sp³-hybridized carbons (Fsp3) is 0.467. The van der Waals surface area contributed by atoms with Gasteiger partial charge in [-0.2, -0.15) is 0 Å². The van der Waals surface area contributed by atoms with E-state index in [9.17, 15) is 9.59 Å². The Labute approximate surface area is 128 Å². The van der Waals surface area contributed by atoms with Crippen molar-refractivity contribution in [2.45, 2.75) is 23.8 Å². The van der Waals surface area contributed by atoms with Crippen molar-refractivity contribution < 1.29 is 19.4 Å². The van der Waals surface area contributed by atoms with Crippen molar-refractivity contribution >= 4 is 23.6 Å². The number of morpholine rings is 1. The number of benzene rings is 1. The van der Waals surface area contributed by atoms with Gasteiger partial charge in [-0.05, 0) is 12.1 Å². The van der Waals surface area contributed by atoms with Crippen molar-refractivity contribution in [2.24, 2.45) is 0 Å². The molecule has 1 amide bonds. The SMILES string of the molecule is O=C(O)CC1COCCN1C(=O)CCSc1ccccc1. The van der Waals surface area contributed by atoms with Crippen LogP contribution in [0.2, 0.25) is 0 Å². The quantitative estimate of drug-likeness (QED) is 0.813. The minimum atomic E-state index is -0.901. The van der Waals surface area contributed by atoms with Gasteiger partial charge in [-0.15, -0.1) is 11.8 Å². The molecule has 1 fully saturated rings. The second kappa shape index (κ2) is 8.05. The fourth-order valence-electron chi connectivity index (χ4n) is 2.27. The molecule has 1 aromatic rings. The van der Waals surface area contributed by atoms with E-state index in [1.807, 2.05) is 30.3 Å². The number of carbonyl (C=O) groups is 2. The molecule has 0 saturated carbocycles. The number of aliphatic carboxylic acids is 1. The van der Waals surface area contributed by atoms with E-state index in [2.05, 4.69) is 0 Å². The number of ether oxygens (including phenoxy) is 1. The number of carboxylic acids is 1. The van der Waals surface area contributed by atoms with Crippen LogP contribution >= 0.6 is 11.8 Å². The summed E-state index contributed by atoms with van der Waals surface area (Å²) in [5.41, 5.74) is 0. The Kier molecular flexibility index (Phi) is 6.07. The third kappa shape index (κ3) is 5.06. The number of amides is 1. The van der Waals surface area contributed by atoms with Gasteiger partial charge in [0.25, 0.3) is 0 Å². The van der Waals surface area contributed by atoms with Gasteiger partial charge < -0.3 is 14.7 Å². The molecule has 5 nitrogen and oxygen atoms in total. The van der Waals surface area contributed by atoms with E-state index in [1.54, 1.807) is 16.7 Å². The van der Waals surface area contributed by atoms with Gasteiger partial charge in [0.2, 0.25) is 5.91 Å². The van der Waals surface area contributed by atoms with E-state index in [1.165, 1.54) is 0 Å². The van der Waals surface area contributed by atoms with E-state index in [4.69, 9.17) is 9.84 Å². The molecular formula is C15H19NO4S. The zero-order valence-electron chi connectivity index (χ0n) is 11.7. The van der Waals surface area contributed by atoms with Crippen molar-refractivity contribution in [1.82, 2.24) is 4.90 Å². The minimum absolute atomic E-state index is 0.00739. The number of carboxylic acid groups (broad SMARTS) is 1. The standard InChI is InChI=1S/C15H19NO4S/c17-14(6-9-21-13-4-2-1-3-5-13)16-7-8-20-11-12(16)10-15(18)19/h1-5,12H,6-11H2,(H,18,19). The molecule has 114 valence electrons. The van der Waals surface area contributed by atoms with Crippen LogP contribution in [0.5, 0.6) is 0 Å². The molecule has 1 unspecified atom stereocenters. The molecule has 1 atom stereocenters. The van der Waals surface area contributed by atoms with Crippen LogP contribution in [0.15, 0.2) is 35.2 Å². The van der Waals surface area contributed by atoms with Gasteiger partial charge >= 0.3 is 5.97 Å². The zero-order chi connectivity index (χ0) is 15.1. The number of thioether (sulfide) groups is 1. The lowest BCUT2D eigenvalue weighted by Gasteiger charge is -2.34. The summed E-state index contributed by atoms with van der Waals surface area (Å²) in [7, 11) is 0. The number of hydrogen-bond acceptors (Lipinski definition) is 4. The highest BCUT2D eigenvalue weighted by Gasteiger charge is 2.28. The first-order valence-electron chi connectivity index (χ1n) is 6.93. The summed E-state index contributed by atoms with van der Waals surface area (Å²) in [4.78, 5) is 25.9. The van der Waals surface area contributed by atoms with Gasteiger partial charge in [-0.1, -0.05) is 18.2 Å². The highest BCUT2D eigenvalue weighted by Crippen LogP contribution is 2.19. The Morgan fingerprint density at radius 2 is 2.10 bits per heavy atom. The number of carbonyl (C=O) groups excluding carboxylic acids is 1. The molecule has 6 heteroatoms. The molecule has 21 heavy (non-hydrogen) atoms. The summed E-state index contributed by atoms with van der Waals surface area (Å²) in [6.45, 7) is 1.27. The zero-order valence-corrected chi connectivity index (χ0v) is 12.6. The fourth-order valence-corrected chi connectivity index (χ4v) is 3.13. The van der Waals surface area contributed by atoms with Gasteiger partial charge in [0.05, 0.1) is 25.7 Å². The van der Waals surface area contributed by atoms with Crippen molar-refractivity contribution in [3.8, 4) is 0 Å². The molecule has 0 bridgehead atoms. The Balaban J connectivity index is 1.81. The van der Waals surface area contributed by atoms with Crippen LogP contribution in [0.3, 0.4) is 0 Å². The lowest BCUT2D eigenvalue weighted by atomic mass is 10.1. The van der Waals surface area contributed by atoms with Crippen LogP contribution in [0.25, 0.3) is 0 Å². The Morgan fingerprint density at radius 3 is 2.81 bits per heavy atom. The summed E-state index contributed by atoms with van der Waals surface area (Å²) in [5.74, 6) is -0.199. The maximum absolute atomic E-state index is 12.2. The Morgan fingerprint density at radius 1 is 1.33 bits per heavy atom. The second-order valence-corrected chi connectivity index (χ2v) is 5.99. The van der Waals surface area contributed by atoms with Crippen molar-refractivity contribution in [2.75, 3.05) is 25.5 Å². The lowest BCUT2D eigenvalue weighted by molar-refractivity contribution is -0.146. The molecule has 1 saturated heterocycles. The molecule has 1 aliphatic rings. The topological polar surface area (TPSA) is 66.8 Å². The second-order valence-electron chi connectivity index (χ2n) is 4.83. The lowest BCUT2D eigenvalue weighted by Crippen LogP contribution is -2.49. The van der Waals surface area contributed by atoms with Gasteiger partial charge in [-0.3, -0.25) is 9.59 Å². The number of rotatable bonds is 6. The van der Waals surface area contributed by atoms with Crippen LogP contribution in [0, 0.1) is 0 Å². The molecule has 0 spiro atoms. The van der Waals surface area contributed by atoms with E-state index in [0.29, 0.717) is 31.9 Å².